The number of aryl methyl sites for hydroxylation is 1. The fourth-order valence-electron chi connectivity index (χ4n) is 5.00. The number of unbranched alkanes of at least 4 members (excludes halogenated alkanes) is 7. The summed E-state index contributed by atoms with van der Waals surface area (Å²) in [4.78, 5) is 27.9. The van der Waals surface area contributed by atoms with Gasteiger partial charge in [-0.1, -0.05) is 51.9 Å². The lowest BCUT2D eigenvalue weighted by Crippen LogP contribution is -2.57. The Balaban J connectivity index is 1.95. The second-order valence-corrected chi connectivity index (χ2v) is 12.5. The third-order valence-electron chi connectivity index (χ3n) is 7.61. The van der Waals surface area contributed by atoms with Gasteiger partial charge in [-0.2, -0.15) is 0 Å². The standard InChI is InChI=1S/C29H48N2O3S/c1-7-8-9-10-11-12-13-14-18-35-28(5,6)27(34)31-17-15-16-29(31,21-32)20-30-25-19-22(2)26(33)24(4)23(25)3/h19,21,30,33H,7-18,20H2,1-6H3. The van der Waals surface area contributed by atoms with E-state index in [9.17, 15) is 14.7 Å². The molecule has 0 spiro atoms. The predicted octanol–water partition coefficient (Wildman–Crippen LogP) is 6.94. The molecule has 1 amide bonds. The van der Waals surface area contributed by atoms with E-state index in [1.54, 1.807) is 11.8 Å². The average molecular weight is 505 g/mol. The molecule has 6 heteroatoms. The summed E-state index contributed by atoms with van der Waals surface area (Å²) in [7, 11) is 0. The van der Waals surface area contributed by atoms with Gasteiger partial charge in [0.05, 0.1) is 4.75 Å². The van der Waals surface area contributed by atoms with Gasteiger partial charge >= 0.3 is 0 Å². The highest BCUT2D eigenvalue weighted by molar-refractivity contribution is 8.01. The number of nitrogens with one attached hydrogen (secondary N) is 1. The molecule has 1 atom stereocenters. The molecule has 0 radical (unpaired) electrons. The topological polar surface area (TPSA) is 69.6 Å². The SMILES string of the molecule is CCCCCCCCCCSC(C)(C)C(=O)N1CCCC1(C=O)CNc1cc(C)c(O)c(C)c1C. The van der Waals surface area contributed by atoms with Gasteiger partial charge in [0.1, 0.15) is 17.6 Å². The fourth-order valence-corrected chi connectivity index (χ4v) is 6.10. The number of amides is 1. The summed E-state index contributed by atoms with van der Waals surface area (Å²) in [6.07, 6.45) is 12.7. The van der Waals surface area contributed by atoms with Crippen molar-refractivity contribution < 1.29 is 14.7 Å². The lowest BCUT2D eigenvalue weighted by Gasteiger charge is -2.39. The van der Waals surface area contributed by atoms with Crippen molar-refractivity contribution in [3.05, 3.63) is 22.8 Å². The predicted molar refractivity (Wildman–Crippen MR) is 150 cm³/mol. The summed E-state index contributed by atoms with van der Waals surface area (Å²) in [6, 6.07) is 1.92. The first kappa shape index (κ1) is 29.5. The Morgan fingerprint density at radius 1 is 1.11 bits per heavy atom. The molecule has 0 aliphatic carbocycles. The van der Waals surface area contributed by atoms with E-state index in [0.717, 1.165) is 47.3 Å². The van der Waals surface area contributed by atoms with Crippen LogP contribution >= 0.6 is 11.8 Å². The smallest absolute Gasteiger partial charge is 0.239 e. The van der Waals surface area contributed by atoms with E-state index in [1.165, 1.54) is 44.9 Å². The van der Waals surface area contributed by atoms with Crippen molar-refractivity contribution in [2.24, 2.45) is 0 Å². The Kier molecular flexibility index (Phi) is 11.5. The van der Waals surface area contributed by atoms with Gasteiger partial charge < -0.3 is 20.1 Å². The van der Waals surface area contributed by atoms with Gasteiger partial charge in [-0.3, -0.25) is 4.79 Å². The van der Waals surface area contributed by atoms with Crippen molar-refractivity contribution in [3.8, 4) is 5.75 Å². The second-order valence-electron chi connectivity index (χ2n) is 10.8. The van der Waals surface area contributed by atoms with Crippen LogP contribution in [0.15, 0.2) is 6.07 Å². The van der Waals surface area contributed by atoms with Crippen molar-refractivity contribution in [2.75, 3.05) is 24.2 Å². The molecule has 2 N–H and O–H groups in total. The van der Waals surface area contributed by atoms with Gasteiger partial charge in [-0.15, -0.1) is 11.8 Å². The second kappa shape index (κ2) is 13.6. The first-order valence-corrected chi connectivity index (χ1v) is 14.5. The molecule has 5 nitrogen and oxygen atoms in total. The normalized spacial score (nSPS) is 18.2. The Bertz CT molecular complexity index is 855. The van der Waals surface area contributed by atoms with Crippen LogP contribution in [-0.4, -0.2) is 51.3 Å². The summed E-state index contributed by atoms with van der Waals surface area (Å²) >= 11 is 1.72. The largest absolute Gasteiger partial charge is 0.507 e. The zero-order valence-electron chi connectivity index (χ0n) is 23.0. The third kappa shape index (κ3) is 7.65. The maximum absolute atomic E-state index is 13.6. The van der Waals surface area contributed by atoms with E-state index in [1.807, 2.05) is 45.6 Å². The molecule has 0 bridgehead atoms. The number of anilines is 1. The van der Waals surface area contributed by atoms with Crippen molar-refractivity contribution in [3.63, 3.8) is 0 Å². The maximum atomic E-state index is 13.6. The number of likely N-dealkylation sites (tertiary alicyclic amines) is 1. The van der Waals surface area contributed by atoms with Gasteiger partial charge in [0, 0.05) is 18.8 Å². The number of thioether (sulfide) groups is 1. The van der Waals surface area contributed by atoms with E-state index in [4.69, 9.17) is 0 Å². The number of aldehydes is 1. The number of hydrogen-bond donors (Lipinski definition) is 2. The van der Waals surface area contributed by atoms with Crippen molar-refractivity contribution in [1.82, 2.24) is 4.90 Å². The molecule has 1 saturated heterocycles. The van der Waals surface area contributed by atoms with Crippen LogP contribution in [0.4, 0.5) is 5.69 Å². The molecule has 1 aliphatic rings. The van der Waals surface area contributed by atoms with Crippen LogP contribution in [0, 0.1) is 20.8 Å². The highest BCUT2D eigenvalue weighted by Crippen LogP contribution is 2.36. The first-order valence-electron chi connectivity index (χ1n) is 13.6. The Hall–Kier alpha value is -1.69. The molecule has 2 rings (SSSR count). The Morgan fingerprint density at radius 2 is 1.74 bits per heavy atom. The molecule has 1 fully saturated rings. The highest BCUT2D eigenvalue weighted by atomic mass is 32.2. The van der Waals surface area contributed by atoms with Crippen LogP contribution in [0.3, 0.4) is 0 Å². The van der Waals surface area contributed by atoms with E-state index >= 15 is 0 Å². The Labute approximate surface area is 217 Å². The number of hydrogen-bond acceptors (Lipinski definition) is 5. The minimum absolute atomic E-state index is 0.0586. The van der Waals surface area contributed by atoms with E-state index in [0.29, 0.717) is 25.3 Å². The molecule has 1 aromatic carbocycles. The zero-order valence-corrected chi connectivity index (χ0v) is 23.8. The maximum Gasteiger partial charge on any atom is 0.239 e. The molecular formula is C29H48N2O3S. The summed E-state index contributed by atoms with van der Waals surface area (Å²) in [5, 5.41) is 13.6. The number of carbonyl (C=O) groups is 2. The van der Waals surface area contributed by atoms with Crippen molar-refractivity contribution in [2.45, 2.75) is 116 Å². The molecule has 35 heavy (non-hydrogen) atoms. The van der Waals surface area contributed by atoms with Crippen LogP contribution in [0.5, 0.6) is 5.75 Å². The molecule has 0 saturated carbocycles. The van der Waals surface area contributed by atoms with Crippen molar-refractivity contribution in [1.29, 1.82) is 0 Å². The third-order valence-corrected chi connectivity index (χ3v) is 9.00. The van der Waals surface area contributed by atoms with Crippen LogP contribution in [0.1, 0.15) is 102 Å². The number of carbonyl (C=O) groups excluding carboxylic acids is 2. The zero-order chi connectivity index (χ0) is 26.1. The van der Waals surface area contributed by atoms with Gasteiger partial charge in [-0.25, -0.2) is 0 Å². The summed E-state index contributed by atoms with van der Waals surface area (Å²) in [6.45, 7) is 13.0. The van der Waals surface area contributed by atoms with Gasteiger partial charge in [0.25, 0.3) is 0 Å². The molecule has 1 unspecified atom stereocenters. The minimum atomic E-state index is -0.834. The quantitative estimate of drug-likeness (QED) is 0.154. The number of benzene rings is 1. The molecule has 1 aliphatic heterocycles. The summed E-state index contributed by atoms with van der Waals surface area (Å²) in [5.41, 5.74) is 2.67. The molecule has 1 aromatic rings. The van der Waals surface area contributed by atoms with E-state index in [2.05, 4.69) is 12.2 Å². The van der Waals surface area contributed by atoms with Crippen LogP contribution < -0.4 is 5.32 Å². The molecular weight excluding hydrogens is 456 g/mol. The van der Waals surface area contributed by atoms with Gasteiger partial charge in [0.2, 0.25) is 5.91 Å². The number of phenolic OH excluding ortho intramolecular Hbond substituents is 1. The molecule has 1 heterocycles. The molecule has 198 valence electrons. The number of rotatable bonds is 15. The number of nitrogens with zero attached hydrogens (tertiary/aromatic N) is 1. The van der Waals surface area contributed by atoms with Crippen molar-refractivity contribution >= 4 is 29.6 Å². The lowest BCUT2D eigenvalue weighted by molar-refractivity contribution is -0.140. The van der Waals surface area contributed by atoms with Crippen LogP contribution in [0.2, 0.25) is 0 Å². The molecule has 0 aromatic heterocycles. The fraction of sp³-hybridized carbons (Fsp3) is 0.724. The van der Waals surface area contributed by atoms with E-state index in [-0.39, 0.29) is 5.91 Å². The monoisotopic (exact) mass is 504 g/mol. The first-order chi connectivity index (χ1) is 16.6. The summed E-state index contributed by atoms with van der Waals surface area (Å²) < 4.78 is -0.554. The van der Waals surface area contributed by atoms with Crippen LogP contribution in [0.25, 0.3) is 0 Å². The lowest BCUT2D eigenvalue weighted by atomic mass is 9.95. The summed E-state index contributed by atoms with van der Waals surface area (Å²) in [5.74, 6) is 1.34. The number of phenols is 1. The minimum Gasteiger partial charge on any atom is -0.507 e. The van der Waals surface area contributed by atoms with Crippen LogP contribution in [-0.2, 0) is 9.59 Å². The van der Waals surface area contributed by atoms with Gasteiger partial charge in [-0.05, 0) is 82.4 Å². The number of aromatic hydroxyl groups is 1. The van der Waals surface area contributed by atoms with E-state index < -0.39 is 10.3 Å². The Morgan fingerprint density at radius 3 is 2.37 bits per heavy atom. The average Bonchev–Trinajstić information content (AvgIpc) is 3.26. The van der Waals surface area contributed by atoms with Gasteiger partial charge in [0.15, 0.2) is 0 Å². The highest BCUT2D eigenvalue weighted by Gasteiger charge is 2.47.